The van der Waals surface area contributed by atoms with E-state index in [-0.39, 0.29) is 0 Å². The third-order valence-corrected chi connectivity index (χ3v) is 4.63. The molecular formula is C17H14ClNO2S. The molecule has 1 heterocycles. The molecule has 0 saturated heterocycles. The lowest BCUT2D eigenvalue weighted by molar-refractivity contribution is 0.171. The first-order valence-corrected chi connectivity index (χ1v) is 8.44. The molecule has 0 radical (unpaired) electrons. The van der Waals surface area contributed by atoms with Gasteiger partial charge in [-0.25, -0.2) is 0 Å². The highest BCUT2D eigenvalue weighted by Crippen LogP contribution is 2.39. The Balaban J connectivity index is 1.61. The number of hydrogen-bond acceptors (Lipinski definition) is 4. The monoisotopic (exact) mass is 331 g/mol. The molecule has 3 nitrogen and oxygen atoms in total. The van der Waals surface area contributed by atoms with Gasteiger partial charge in [0.05, 0.1) is 16.7 Å². The Labute approximate surface area is 138 Å². The smallest absolute Gasteiger partial charge is 0.179 e. The summed E-state index contributed by atoms with van der Waals surface area (Å²) < 4.78 is 11.1. The van der Waals surface area contributed by atoms with Crippen LogP contribution in [0.5, 0.6) is 11.5 Å². The fraction of sp³-hybridized carbons (Fsp3) is 0.235. The van der Waals surface area contributed by atoms with E-state index < -0.39 is 0 Å². The van der Waals surface area contributed by atoms with Crippen LogP contribution >= 0.6 is 23.4 Å². The summed E-state index contributed by atoms with van der Waals surface area (Å²) >= 11 is 8.03. The fourth-order valence-electron chi connectivity index (χ4n) is 2.21. The lowest BCUT2D eigenvalue weighted by Crippen LogP contribution is -2.15. The van der Waals surface area contributed by atoms with E-state index in [4.69, 9.17) is 26.3 Å². The van der Waals surface area contributed by atoms with Crippen molar-refractivity contribution in [3.8, 4) is 17.6 Å². The van der Waals surface area contributed by atoms with Gasteiger partial charge >= 0.3 is 0 Å². The minimum Gasteiger partial charge on any atom is -0.486 e. The summed E-state index contributed by atoms with van der Waals surface area (Å²) in [6.45, 7) is 1.10. The Kier molecular flexibility index (Phi) is 4.77. The van der Waals surface area contributed by atoms with Gasteiger partial charge in [-0.05, 0) is 35.4 Å². The first-order valence-electron chi connectivity index (χ1n) is 6.91. The molecule has 0 saturated carbocycles. The van der Waals surface area contributed by atoms with Crippen molar-refractivity contribution in [2.45, 2.75) is 11.5 Å². The van der Waals surface area contributed by atoms with E-state index >= 15 is 0 Å². The largest absolute Gasteiger partial charge is 0.486 e. The molecular weight excluding hydrogens is 318 g/mol. The number of hydrogen-bond donors (Lipinski definition) is 0. The number of fused-ring (bicyclic) bond motifs is 1. The van der Waals surface area contributed by atoms with Crippen molar-refractivity contribution in [1.29, 1.82) is 5.26 Å². The van der Waals surface area contributed by atoms with Crippen molar-refractivity contribution in [3.63, 3.8) is 0 Å². The molecule has 1 aliphatic heterocycles. The highest BCUT2D eigenvalue weighted by atomic mass is 35.5. The minimum absolute atomic E-state index is 0.541. The summed E-state index contributed by atoms with van der Waals surface area (Å²) in [7, 11) is 0. The van der Waals surface area contributed by atoms with Gasteiger partial charge in [-0.3, -0.25) is 0 Å². The van der Waals surface area contributed by atoms with Gasteiger partial charge in [0.25, 0.3) is 0 Å². The average Bonchev–Trinajstić information content (AvgIpc) is 2.56. The molecule has 0 unspecified atom stereocenters. The molecule has 0 amide bonds. The summed E-state index contributed by atoms with van der Waals surface area (Å²) in [4.78, 5) is 0. The second-order valence-electron chi connectivity index (χ2n) is 4.90. The molecule has 2 aromatic carbocycles. The van der Waals surface area contributed by atoms with Gasteiger partial charge in [-0.15, -0.1) is 0 Å². The standard InChI is InChI=1S/C17H14ClNO2S/c18-15-7-14(8-16-17(15)21-6-5-20-16)11-22-10-13-3-1-12(9-19)2-4-13/h1-4,7-8H,5-6,10-11H2. The van der Waals surface area contributed by atoms with E-state index in [0.29, 0.717) is 29.5 Å². The molecule has 22 heavy (non-hydrogen) atoms. The first kappa shape index (κ1) is 15.1. The van der Waals surface area contributed by atoms with Gasteiger partial charge in [0.2, 0.25) is 0 Å². The van der Waals surface area contributed by atoms with Gasteiger partial charge < -0.3 is 9.47 Å². The Morgan fingerprint density at radius 1 is 1.05 bits per heavy atom. The second-order valence-corrected chi connectivity index (χ2v) is 6.30. The van der Waals surface area contributed by atoms with Crippen LogP contribution in [0, 0.1) is 11.3 Å². The zero-order chi connectivity index (χ0) is 15.4. The van der Waals surface area contributed by atoms with Gasteiger partial charge in [-0.1, -0.05) is 23.7 Å². The van der Waals surface area contributed by atoms with E-state index in [1.165, 1.54) is 5.56 Å². The van der Waals surface area contributed by atoms with Crippen LogP contribution in [0.25, 0.3) is 0 Å². The number of benzene rings is 2. The van der Waals surface area contributed by atoms with Crippen LogP contribution in [-0.2, 0) is 11.5 Å². The zero-order valence-electron chi connectivity index (χ0n) is 11.8. The molecule has 0 spiro atoms. The number of halogens is 1. The molecule has 0 bridgehead atoms. The van der Waals surface area contributed by atoms with E-state index in [1.807, 2.05) is 36.4 Å². The lowest BCUT2D eigenvalue weighted by Gasteiger charge is -2.20. The molecule has 0 fully saturated rings. The van der Waals surface area contributed by atoms with Crippen molar-refractivity contribution in [2.24, 2.45) is 0 Å². The molecule has 0 atom stereocenters. The van der Waals surface area contributed by atoms with Gasteiger partial charge in [0.1, 0.15) is 13.2 Å². The number of nitriles is 1. The highest BCUT2D eigenvalue weighted by molar-refractivity contribution is 7.97. The predicted molar refractivity (Wildman–Crippen MR) is 88.6 cm³/mol. The van der Waals surface area contributed by atoms with Crippen LogP contribution in [-0.4, -0.2) is 13.2 Å². The van der Waals surface area contributed by atoms with Gasteiger partial charge in [-0.2, -0.15) is 17.0 Å². The SMILES string of the molecule is N#Cc1ccc(CSCc2cc(Cl)c3c(c2)OCCO3)cc1. The van der Waals surface area contributed by atoms with Gasteiger partial charge in [0, 0.05) is 11.5 Å². The van der Waals surface area contributed by atoms with E-state index in [0.717, 1.165) is 22.8 Å². The molecule has 2 aromatic rings. The second kappa shape index (κ2) is 6.95. The summed E-state index contributed by atoms with van der Waals surface area (Å²) in [6, 6.07) is 13.7. The van der Waals surface area contributed by atoms with E-state index in [2.05, 4.69) is 6.07 Å². The van der Waals surface area contributed by atoms with E-state index in [1.54, 1.807) is 11.8 Å². The lowest BCUT2D eigenvalue weighted by atomic mass is 10.2. The number of nitrogens with zero attached hydrogens (tertiary/aromatic N) is 1. The summed E-state index contributed by atoms with van der Waals surface area (Å²) in [6.07, 6.45) is 0. The van der Waals surface area contributed by atoms with Crippen molar-refractivity contribution in [3.05, 3.63) is 58.1 Å². The van der Waals surface area contributed by atoms with Crippen molar-refractivity contribution in [2.75, 3.05) is 13.2 Å². The Bertz CT molecular complexity index is 710. The topological polar surface area (TPSA) is 42.2 Å². The summed E-state index contributed by atoms with van der Waals surface area (Å²) in [5, 5.41) is 9.39. The van der Waals surface area contributed by atoms with Crippen LogP contribution in [0.15, 0.2) is 36.4 Å². The van der Waals surface area contributed by atoms with Crippen molar-refractivity contribution in [1.82, 2.24) is 0 Å². The average molecular weight is 332 g/mol. The summed E-state index contributed by atoms with van der Waals surface area (Å²) in [5.41, 5.74) is 3.01. The first-order chi connectivity index (χ1) is 10.8. The third-order valence-electron chi connectivity index (χ3n) is 3.28. The predicted octanol–water partition coefficient (Wildman–Crippen LogP) is 4.42. The molecule has 1 aliphatic rings. The Morgan fingerprint density at radius 2 is 1.77 bits per heavy atom. The summed E-state index contributed by atoms with van der Waals surface area (Å²) in [5.74, 6) is 3.11. The van der Waals surface area contributed by atoms with Crippen LogP contribution < -0.4 is 9.47 Å². The molecule has 3 rings (SSSR count). The maximum atomic E-state index is 8.79. The number of rotatable bonds is 4. The number of thioether (sulfide) groups is 1. The number of ether oxygens (including phenoxy) is 2. The molecule has 0 N–H and O–H groups in total. The van der Waals surface area contributed by atoms with Crippen LogP contribution in [0.4, 0.5) is 0 Å². The van der Waals surface area contributed by atoms with E-state index in [9.17, 15) is 0 Å². The quantitative estimate of drug-likeness (QED) is 0.832. The Morgan fingerprint density at radius 3 is 2.55 bits per heavy atom. The van der Waals surface area contributed by atoms with Crippen LogP contribution in [0.1, 0.15) is 16.7 Å². The zero-order valence-corrected chi connectivity index (χ0v) is 13.4. The van der Waals surface area contributed by atoms with Crippen LogP contribution in [0.3, 0.4) is 0 Å². The Hall–Kier alpha value is -1.83. The van der Waals surface area contributed by atoms with Crippen LogP contribution in [0.2, 0.25) is 5.02 Å². The van der Waals surface area contributed by atoms with Gasteiger partial charge in [0.15, 0.2) is 11.5 Å². The molecule has 0 aromatic heterocycles. The molecule has 5 heteroatoms. The maximum absolute atomic E-state index is 8.79. The minimum atomic E-state index is 0.541. The molecule has 0 aliphatic carbocycles. The molecule has 112 valence electrons. The maximum Gasteiger partial charge on any atom is 0.179 e. The highest BCUT2D eigenvalue weighted by Gasteiger charge is 2.16. The van der Waals surface area contributed by atoms with Crippen molar-refractivity contribution >= 4 is 23.4 Å². The van der Waals surface area contributed by atoms with Crippen molar-refractivity contribution < 1.29 is 9.47 Å². The normalized spacial score (nSPS) is 12.7. The fourth-order valence-corrected chi connectivity index (χ4v) is 3.43. The third kappa shape index (κ3) is 3.49.